The van der Waals surface area contributed by atoms with E-state index >= 15 is 0 Å². The number of rotatable bonds is 1. The molecule has 3 aromatic rings. The minimum absolute atomic E-state index is 0.0174. The first-order chi connectivity index (χ1) is 11.6. The van der Waals surface area contributed by atoms with Gasteiger partial charge >= 0.3 is 0 Å². The second kappa shape index (κ2) is 5.47. The zero-order chi connectivity index (χ0) is 16.8. The summed E-state index contributed by atoms with van der Waals surface area (Å²) in [7, 11) is 1.80. The number of likely N-dealkylation sites (tertiary alicyclic amines) is 1. The Morgan fingerprint density at radius 2 is 2.12 bits per heavy atom. The molecule has 4 heterocycles. The van der Waals surface area contributed by atoms with Crippen LogP contribution in [0.3, 0.4) is 0 Å². The summed E-state index contributed by atoms with van der Waals surface area (Å²) < 4.78 is 3.26. The number of fused-ring (bicyclic) bond motifs is 2. The highest BCUT2D eigenvalue weighted by Gasteiger charge is 2.27. The van der Waals surface area contributed by atoms with Crippen LogP contribution in [0.25, 0.3) is 16.7 Å². The maximum atomic E-state index is 13.0. The van der Waals surface area contributed by atoms with Crippen LogP contribution in [0.15, 0.2) is 35.3 Å². The number of amides is 1. The van der Waals surface area contributed by atoms with E-state index in [0.717, 1.165) is 25.8 Å². The average Bonchev–Trinajstić information content (AvgIpc) is 2.92. The first kappa shape index (κ1) is 14.9. The van der Waals surface area contributed by atoms with Crippen LogP contribution in [-0.2, 0) is 7.05 Å². The summed E-state index contributed by atoms with van der Waals surface area (Å²) in [5, 5.41) is 0.481. The molecule has 1 fully saturated rings. The number of hydrogen-bond acceptors (Lipinski definition) is 3. The van der Waals surface area contributed by atoms with E-state index < -0.39 is 0 Å². The van der Waals surface area contributed by atoms with Crippen molar-refractivity contribution in [3.63, 3.8) is 0 Å². The van der Waals surface area contributed by atoms with Crippen LogP contribution in [0.2, 0.25) is 0 Å². The summed E-state index contributed by atoms with van der Waals surface area (Å²) in [5.74, 6) is -0.0174. The molecule has 24 heavy (non-hydrogen) atoms. The molecule has 1 atom stereocenters. The van der Waals surface area contributed by atoms with Gasteiger partial charge in [0.25, 0.3) is 11.5 Å². The smallest absolute Gasteiger partial charge is 0.270 e. The average molecular weight is 324 g/mol. The van der Waals surface area contributed by atoms with Crippen molar-refractivity contribution < 1.29 is 4.79 Å². The number of piperidine rings is 1. The molecule has 0 radical (unpaired) electrons. The molecule has 0 aliphatic carbocycles. The van der Waals surface area contributed by atoms with Crippen molar-refractivity contribution in [2.75, 3.05) is 6.54 Å². The van der Waals surface area contributed by atoms with Crippen molar-refractivity contribution in [3.8, 4) is 0 Å². The number of carbonyl (C=O) groups is 1. The molecule has 4 rings (SSSR count). The monoisotopic (exact) mass is 324 g/mol. The Hall–Kier alpha value is -2.63. The maximum Gasteiger partial charge on any atom is 0.270 e. The summed E-state index contributed by atoms with van der Waals surface area (Å²) in [5.41, 5.74) is 1.52. The highest BCUT2D eigenvalue weighted by Crippen LogP contribution is 2.22. The fourth-order valence-corrected chi connectivity index (χ4v) is 3.57. The molecule has 1 aliphatic heterocycles. The van der Waals surface area contributed by atoms with Crippen LogP contribution in [0, 0.1) is 0 Å². The maximum absolute atomic E-state index is 13.0. The highest BCUT2D eigenvalue weighted by atomic mass is 16.2. The molecule has 124 valence electrons. The van der Waals surface area contributed by atoms with Crippen molar-refractivity contribution in [3.05, 3.63) is 46.5 Å². The topological polar surface area (TPSA) is 59.6 Å². The third-order valence-electron chi connectivity index (χ3n) is 4.99. The first-order valence-electron chi connectivity index (χ1n) is 8.35. The quantitative estimate of drug-likeness (QED) is 0.689. The summed E-state index contributed by atoms with van der Waals surface area (Å²) in [6.45, 7) is 2.86. The van der Waals surface area contributed by atoms with Gasteiger partial charge in [-0.25, -0.2) is 4.98 Å². The highest BCUT2D eigenvalue weighted by molar-refractivity contribution is 5.98. The summed E-state index contributed by atoms with van der Waals surface area (Å²) in [6.07, 6.45) is 4.92. The second-order valence-electron chi connectivity index (χ2n) is 6.52. The number of nitrogens with zero attached hydrogens (tertiary/aromatic N) is 4. The SMILES string of the molecule is C[C@H]1CCCCN1C(=O)c1cc2c(=O)n3ccccc3nc2n1C. The van der Waals surface area contributed by atoms with E-state index in [0.29, 0.717) is 22.4 Å². The molecular formula is C18H20N4O2. The van der Waals surface area contributed by atoms with E-state index in [2.05, 4.69) is 11.9 Å². The molecule has 0 spiro atoms. The van der Waals surface area contributed by atoms with Gasteiger partial charge in [0.05, 0.1) is 5.39 Å². The van der Waals surface area contributed by atoms with Crippen LogP contribution in [0.5, 0.6) is 0 Å². The van der Waals surface area contributed by atoms with E-state index in [-0.39, 0.29) is 17.5 Å². The van der Waals surface area contributed by atoms with Gasteiger partial charge in [0.1, 0.15) is 17.0 Å². The lowest BCUT2D eigenvalue weighted by molar-refractivity contribution is 0.0626. The lowest BCUT2D eigenvalue weighted by atomic mass is 10.0. The molecule has 0 aromatic carbocycles. The summed E-state index contributed by atoms with van der Waals surface area (Å²) in [4.78, 5) is 32.1. The van der Waals surface area contributed by atoms with E-state index in [4.69, 9.17) is 0 Å². The van der Waals surface area contributed by atoms with Crippen LogP contribution in [-0.4, -0.2) is 37.3 Å². The van der Waals surface area contributed by atoms with Crippen molar-refractivity contribution in [1.29, 1.82) is 0 Å². The molecule has 1 amide bonds. The molecule has 3 aromatic heterocycles. The normalized spacial score (nSPS) is 18.4. The van der Waals surface area contributed by atoms with E-state index in [1.807, 2.05) is 11.0 Å². The fraction of sp³-hybridized carbons (Fsp3) is 0.389. The Bertz CT molecular complexity index is 1000. The first-order valence-corrected chi connectivity index (χ1v) is 8.35. The minimum Gasteiger partial charge on any atom is -0.335 e. The van der Waals surface area contributed by atoms with Crippen molar-refractivity contribution >= 4 is 22.6 Å². The molecule has 1 aliphatic rings. The molecular weight excluding hydrogens is 304 g/mol. The van der Waals surface area contributed by atoms with Gasteiger partial charge in [0.2, 0.25) is 0 Å². The summed E-state index contributed by atoms with van der Waals surface area (Å²) >= 11 is 0. The van der Waals surface area contributed by atoms with Gasteiger partial charge in [-0.1, -0.05) is 6.07 Å². The van der Waals surface area contributed by atoms with Crippen molar-refractivity contribution in [1.82, 2.24) is 18.9 Å². The van der Waals surface area contributed by atoms with Crippen LogP contribution < -0.4 is 5.56 Å². The Labute approximate surface area is 139 Å². The van der Waals surface area contributed by atoms with Crippen LogP contribution in [0.4, 0.5) is 0 Å². The zero-order valence-electron chi connectivity index (χ0n) is 13.9. The number of pyridine rings is 1. The number of hydrogen-bond donors (Lipinski definition) is 0. The lowest BCUT2D eigenvalue weighted by Gasteiger charge is -2.33. The molecule has 0 unspecified atom stereocenters. The van der Waals surface area contributed by atoms with Crippen LogP contribution >= 0.6 is 0 Å². The molecule has 0 bridgehead atoms. The van der Waals surface area contributed by atoms with Gasteiger partial charge in [0.15, 0.2) is 0 Å². The molecule has 0 saturated carbocycles. The summed E-state index contributed by atoms with van der Waals surface area (Å²) in [6, 6.07) is 7.36. The Morgan fingerprint density at radius 3 is 2.92 bits per heavy atom. The van der Waals surface area contributed by atoms with Gasteiger partial charge in [-0.3, -0.25) is 14.0 Å². The number of aryl methyl sites for hydroxylation is 1. The third kappa shape index (κ3) is 2.13. The van der Waals surface area contributed by atoms with Crippen LogP contribution in [0.1, 0.15) is 36.7 Å². The second-order valence-corrected chi connectivity index (χ2v) is 6.52. The predicted molar refractivity (Wildman–Crippen MR) is 92.3 cm³/mol. The molecule has 6 nitrogen and oxygen atoms in total. The number of carbonyl (C=O) groups excluding carboxylic acids is 1. The zero-order valence-corrected chi connectivity index (χ0v) is 13.9. The van der Waals surface area contributed by atoms with Gasteiger partial charge in [-0.05, 0) is 44.4 Å². The molecule has 0 N–H and O–H groups in total. The Kier molecular flexibility index (Phi) is 3.40. The van der Waals surface area contributed by atoms with Crippen molar-refractivity contribution in [2.45, 2.75) is 32.2 Å². The molecule has 6 heteroatoms. The Morgan fingerprint density at radius 1 is 1.29 bits per heavy atom. The van der Waals surface area contributed by atoms with Gasteiger partial charge < -0.3 is 9.47 Å². The molecule has 1 saturated heterocycles. The lowest BCUT2D eigenvalue weighted by Crippen LogP contribution is -2.42. The van der Waals surface area contributed by atoms with E-state index in [1.54, 1.807) is 36.0 Å². The minimum atomic E-state index is -0.142. The van der Waals surface area contributed by atoms with Gasteiger partial charge in [0, 0.05) is 25.8 Å². The van der Waals surface area contributed by atoms with Gasteiger partial charge in [-0.15, -0.1) is 0 Å². The van der Waals surface area contributed by atoms with E-state index in [9.17, 15) is 9.59 Å². The van der Waals surface area contributed by atoms with Gasteiger partial charge in [-0.2, -0.15) is 0 Å². The van der Waals surface area contributed by atoms with E-state index in [1.165, 1.54) is 4.40 Å². The van der Waals surface area contributed by atoms with Crippen molar-refractivity contribution in [2.24, 2.45) is 7.05 Å². The predicted octanol–water partition coefficient (Wildman–Crippen LogP) is 2.20. The Balaban J connectivity index is 1.89. The largest absolute Gasteiger partial charge is 0.335 e. The standard InChI is InChI=1S/C18H20N4O2/c1-12-7-3-5-9-21(12)18(24)14-11-13-16(20(14)2)19-15-8-4-6-10-22(15)17(13)23/h4,6,8,10-12H,3,5,7,9H2,1-2H3/t12-/m0/s1. The fourth-order valence-electron chi connectivity index (χ4n) is 3.57. The number of aromatic nitrogens is 3. The third-order valence-corrected chi connectivity index (χ3v) is 4.99.